The van der Waals surface area contributed by atoms with Crippen LogP contribution in [-0.4, -0.2) is 28.8 Å². The minimum Gasteiger partial charge on any atom is -0.300 e. The van der Waals surface area contributed by atoms with Crippen molar-refractivity contribution >= 4 is 17.1 Å². The summed E-state index contributed by atoms with van der Waals surface area (Å²) in [6.45, 7) is 5.26. The average Bonchev–Trinajstić information content (AvgIpc) is 2.78. The number of aromatic nitrogens is 1. The molecule has 0 N–H and O–H groups in total. The third-order valence-electron chi connectivity index (χ3n) is 3.61. The van der Waals surface area contributed by atoms with Gasteiger partial charge in [-0.05, 0) is 19.9 Å². The van der Waals surface area contributed by atoms with Gasteiger partial charge in [0.25, 0.3) is 0 Å². The number of carbonyl (C=O) groups excluding carboxylic acids is 1. The fourth-order valence-corrected chi connectivity index (χ4v) is 3.24. The highest BCUT2D eigenvalue weighted by Crippen LogP contribution is 2.23. The van der Waals surface area contributed by atoms with Gasteiger partial charge in [-0.1, -0.05) is 13.8 Å². The van der Waals surface area contributed by atoms with E-state index in [1.807, 2.05) is 0 Å². The molecule has 3 nitrogen and oxygen atoms in total. The van der Waals surface area contributed by atoms with E-state index in [1.54, 1.807) is 11.3 Å². The molecule has 2 rings (SSSR count). The second-order valence-corrected chi connectivity index (χ2v) is 6.41. The number of thiazole rings is 1. The van der Waals surface area contributed by atoms with Crippen LogP contribution >= 0.6 is 11.3 Å². The van der Waals surface area contributed by atoms with Crippen LogP contribution in [0.4, 0.5) is 0 Å². The Morgan fingerprint density at radius 2 is 2.11 bits per heavy atom. The molecule has 1 aromatic heterocycles. The van der Waals surface area contributed by atoms with Gasteiger partial charge in [0.05, 0.1) is 10.7 Å². The Bertz CT molecular complexity index is 404. The summed E-state index contributed by atoms with van der Waals surface area (Å²) in [6, 6.07) is 0.548. The van der Waals surface area contributed by atoms with Crippen LogP contribution in [0.15, 0.2) is 5.38 Å². The van der Waals surface area contributed by atoms with E-state index in [0.717, 1.165) is 32.2 Å². The van der Waals surface area contributed by atoms with E-state index in [1.165, 1.54) is 10.7 Å². The van der Waals surface area contributed by atoms with Crippen LogP contribution in [0.1, 0.15) is 56.2 Å². The monoisotopic (exact) mass is 266 g/mol. The van der Waals surface area contributed by atoms with Gasteiger partial charge in [-0.3, -0.25) is 9.69 Å². The maximum atomic E-state index is 11.2. The first-order valence-electron chi connectivity index (χ1n) is 6.72. The minimum atomic E-state index is 0.426. The van der Waals surface area contributed by atoms with Crippen LogP contribution in [-0.2, 0) is 11.3 Å². The van der Waals surface area contributed by atoms with Crippen molar-refractivity contribution in [3.63, 3.8) is 0 Å². The Morgan fingerprint density at radius 3 is 2.67 bits per heavy atom. The van der Waals surface area contributed by atoms with E-state index < -0.39 is 0 Å². The molecule has 0 aliphatic heterocycles. The molecule has 1 aromatic rings. The Labute approximate surface area is 113 Å². The molecular weight excluding hydrogens is 244 g/mol. The number of Topliss-reactive ketones (excluding diaryl/α,β-unsaturated/α-hetero) is 1. The number of hydrogen-bond acceptors (Lipinski definition) is 4. The lowest BCUT2D eigenvalue weighted by molar-refractivity contribution is -0.121. The molecule has 0 atom stereocenters. The summed E-state index contributed by atoms with van der Waals surface area (Å²) in [5, 5.41) is 3.39. The second kappa shape index (κ2) is 5.93. The zero-order valence-corrected chi connectivity index (χ0v) is 12.3. The summed E-state index contributed by atoms with van der Waals surface area (Å²) >= 11 is 1.75. The van der Waals surface area contributed by atoms with Crippen molar-refractivity contribution in [1.82, 2.24) is 9.88 Å². The molecule has 1 saturated carbocycles. The van der Waals surface area contributed by atoms with Gasteiger partial charge in [0.2, 0.25) is 0 Å². The molecule has 1 aliphatic rings. The predicted molar refractivity (Wildman–Crippen MR) is 74.9 cm³/mol. The zero-order chi connectivity index (χ0) is 13.1. The van der Waals surface area contributed by atoms with E-state index in [0.29, 0.717) is 17.7 Å². The summed E-state index contributed by atoms with van der Waals surface area (Å²) in [5.74, 6) is 0.941. The first-order valence-corrected chi connectivity index (χ1v) is 7.60. The molecule has 18 heavy (non-hydrogen) atoms. The molecule has 1 aliphatic carbocycles. The standard InChI is InChI=1S/C14H22N2OS/c1-10(2)14-15-11(9-18-14)8-16(3)12-4-6-13(17)7-5-12/h9-10,12H,4-8H2,1-3H3. The lowest BCUT2D eigenvalue weighted by atomic mass is 9.93. The van der Waals surface area contributed by atoms with Crippen LogP contribution in [0.2, 0.25) is 0 Å². The quantitative estimate of drug-likeness (QED) is 0.839. The van der Waals surface area contributed by atoms with Crippen molar-refractivity contribution in [2.24, 2.45) is 0 Å². The van der Waals surface area contributed by atoms with Crippen LogP contribution in [0.3, 0.4) is 0 Å². The third-order valence-corrected chi connectivity index (χ3v) is 4.81. The molecule has 1 fully saturated rings. The van der Waals surface area contributed by atoms with Crippen molar-refractivity contribution in [3.8, 4) is 0 Å². The van der Waals surface area contributed by atoms with Crippen LogP contribution in [0.5, 0.6) is 0 Å². The Kier molecular flexibility index (Phi) is 4.51. The first kappa shape index (κ1) is 13.7. The summed E-state index contributed by atoms with van der Waals surface area (Å²) in [4.78, 5) is 18.3. The predicted octanol–water partition coefficient (Wildman–Crippen LogP) is 3.21. The molecule has 0 radical (unpaired) electrons. The fourth-order valence-electron chi connectivity index (χ4n) is 2.41. The van der Waals surface area contributed by atoms with Gasteiger partial charge in [0.15, 0.2) is 0 Å². The molecule has 4 heteroatoms. The number of ketones is 1. The molecule has 0 saturated heterocycles. The van der Waals surface area contributed by atoms with E-state index in [4.69, 9.17) is 0 Å². The average molecular weight is 266 g/mol. The number of rotatable bonds is 4. The van der Waals surface area contributed by atoms with E-state index in [2.05, 4.69) is 36.2 Å². The van der Waals surface area contributed by atoms with Gasteiger partial charge in [0.1, 0.15) is 5.78 Å². The van der Waals surface area contributed by atoms with Crippen molar-refractivity contribution in [2.75, 3.05) is 7.05 Å². The smallest absolute Gasteiger partial charge is 0.133 e. The molecule has 100 valence electrons. The Balaban J connectivity index is 1.89. The molecule has 1 heterocycles. The van der Waals surface area contributed by atoms with Gasteiger partial charge >= 0.3 is 0 Å². The number of carbonyl (C=O) groups is 1. The highest BCUT2D eigenvalue weighted by Gasteiger charge is 2.22. The number of nitrogens with zero attached hydrogens (tertiary/aromatic N) is 2. The summed E-state index contributed by atoms with van der Waals surface area (Å²) < 4.78 is 0. The molecule has 0 amide bonds. The highest BCUT2D eigenvalue weighted by atomic mass is 32.1. The summed E-state index contributed by atoms with van der Waals surface area (Å²) in [6.07, 6.45) is 3.53. The lowest BCUT2D eigenvalue weighted by Gasteiger charge is -2.30. The fraction of sp³-hybridized carbons (Fsp3) is 0.714. The zero-order valence-electron chi connectivity index (χ0n) is 11.5. The largest absolute Gasteiger partial charge is 0.300 e. The SMILES string of the molecule is CC(C)c1nc(CN(C)C2CCC(=O)CC2)cs1. The Morgan fingerprint density at radius 1 is 1.44 bits per heavy atom. The van der Waals surface area contributed by atoms with Gasteiger partial charge in [-0.15, -0.1) is 11.3 Å². The maximum Gasteiger partial charge on any atom is 0.133 e. The topological polar surface area (TPSA) is 33.2 Å². The third kappa shape index (κ3) is 3.39. The van der Waals surface area contributed by atoms with Gasteiger partial charge < -0.3 is 0 Å². The van der Waals surface area contributed by atoms with Crippen LogP contribution in [0, 0.1) is 0 Å². The molecule has 0 bridgehead atoms. The lowest BCUT2D eigenvalue weighted by Crippen LogP contribution is -2.34. The summed E-state index contributed by atoms with van der Waals surface area (Å²) in [7, 11) is 2.15. The van der Waals surface area contributed by atoms with Crippen molar-refractivity contribution in [1.29, 1.82) is 0 Å². The normalized spacial score (nSPS) is 17.9. The van der Waals surface area contributed by atoms with E-state index in [9.17, 15) is 4.79 Å². The van der Waals surface area contributed by atoms with Crippen LogP contribution < -0.4 is 0 Å². The van der Waals surface area contributed by atoms with E-state index >= 15 is 0 Å². The van der Waals surface area contributed by atoms with Crippen LogP contribution in [0.25, 0.3) is 0 Å². The molecule has 0 unspecified atom stereocenters. The van der Waals surface area contributed by atoms with Crippen molar-refractivity contribution in [3.05, 3.63) is 16.1 Å². The van der Waals surface area contributed by atoms with Crippen molar-refractivity contribution in [2.45, 2.75) is 58.0 Å². The van der Waals surface area contributed by atoms with Gasteiger partial charge in [-0.25, -0.2) is 4.98 Å². The molecule has 0 aromatic carbocycles. The van der Waals surface area contributed by atoms with Crippen molar-refractivity contribution < 1.29 is 4.79 Å². The maximum absolute atomic E-state index is 11.2. The molecule has 0 spiro atoms. The Hall–Kier alpha value is -0.740. The molecular formula is C14H22N2OS. The minimum absolute atomic E-state index is 0.426. The summed E-state index contributed by atoms with van der Waals surface area (Å²) in [5.41, 5.74) is 1.17. The second-order valence-electron chi connectivity index (χ2n) is 5.52. The highest BCUT2D eigenvalue weighted by molar-refractivity contribution is 7.09. The van der Waals surface area contributed by atoms with Gasteiger partial charge in [-0.2, -0.15) is 0 Å². The first-order chi connectivity index (χ1) is 8.56. The van der Waals surface area contributed by atoms with Gasteiger partial charge in [0, 0.05) is 36.7 Å². The number of hydrogen-bond donors (Lipinski definition) is 0. The van der Waals surface area contributed by atoms with E-state index in [-0.39, 0.29) is 0 Å².